The highest BCUT2D eigenvalue weighted by Gasteiger charge is 2.08. The molecule has 0 saturated heterocycles. The standard InChI is InChI=1S/C11H17NO4S/c1-3-17(13,14)7-6-16-11-5-4-9(15-2)8-10(11)12/h4-5,8H,3,6-7,12H2,1-2H3. The molecule has 1 aromatic rings. The number of sulfone groups is 1. The number of anilines is 1. The molecule has 0 saturated carbocycles. The number of hydrogen-bond donors (Lipinski definition) is 1. The van der Waals surface area contributed by atoms with E-state index in [4.69, 9.17) is 15.2 Å². The Morgan fingerprint density at radius 3 is 2.59 bits per heavy atom. The Kier molecular flexibility index (Phi) is 4.62. The van der Waals surface area contributed by atoms with Gasteiger partial charge in [-0.3, -0.25) is 0 Å². The third kappa shape index (κ3) is 4.14. The first kappa shape index (κ1) is 13.6. The van der Waals surface area contributed by atoms with Gasteiger partial charge in [0.2, 0.25) is 0 Å². The van der Waals surface area contributed by atoms with Gasteiger partial charge in [-0.05, 0) is 12.1 Å². The highest BCUT2D eigenvalue weighted by Crippen LogP contribution is 2.26. The first-order valence-corrected chi connectivity index (χ1v) is 7.07. The highest BCUT2D eigenvalue weighted by atomic mass is 32.2. The summed E-state index contributed by atoms with van der Waals surface area (Å²) in [6.07, 6.45) is 0. The van der Waals surface area contributed by atoms with Crippen molar-refractivity contribution in [2.45, 2.75) is 6.92 Å². The molecule has 2 N–H and O–H groups in total. The lowest BCUT2D eigenvalue weighted by molar-refractivity contribution is 0.341. The summed E-state index contributed by atoms with van der Waals surface area (Å²) in [5, 5.41) is 0. The Balaban J connectivity index is 2.58. The molecule has 1 aromatic carbocycles. The summed E-state index contributed by atoms with van der Waals surface area (Å²) in [6, 6.07) is 5.00. The molecule has 0 unspecified atom stereocenters. The molecule has 1 rings (SSSR count). The molecule has 0 fully saturated rings. The zero-order valence-corrected chi connectivity index (χ0v) is 10.8. The molecule has 0 aliphatic heterocycles. The van der Waals surface area contributed by atoms with Crippen LogP contribution >= 0.6 is 0 Å². The second-order valence-corrected chi connectivity index (χ2v) is 5.96. The predicted octanol–water partition coefficient (Wildman–Crippen LogP) is 1.09. The molecule has 0 spiro atoms. The minimum Gasteiger partial charge on any atom is -0.497 e. The third-order valence-electron chi connectivity index (χ3n) is 2.31. The average molecular weight is 259 g/mol. The summed E-state index contributed by atoms with van der Waals surface area (Å²) in [5.41, 5.74) is 6.15. The molecule has 17 heavy (non-hydrogen) atoms. The van der Waals surface area contributed by atoms with Gasteiger partial charge in [0.15, 0.2) is 9.84 Å². The van der Waals surface area contributed by atoms with Crippen LogP contribution in [0.5, 0.6) is 11.5 Å². The fourth-order valence-electron chi connectivity index (χ4n) is 1.21. The summed E-state index contributed by atoms with van der Waals surface area (Å²) in [6.45, 7) is 1.71. The Labute approximate surface area is 101 Å². The number of methoxy groups -OCH3 is 1. The molecule has 0 aliphatic carbocycles. The number of ether oxygens (including phenoxy) is 2. The van der Waals surface area contributed by atoms with Crippen LogP contribution in [0.2, 0.25) is 0 Å². The number of nitrogens with two attached hydrogens (primary N) is 1. The summed E-state index contributed by atoms with van der Waals surface area (Å²) in [4.78, 5) is 0. The fourth-order valence-corrected chi connectivity index (χ4v) is 1.83. The monoisotopic (exact) mass is 259 g/mol. The van der Waals surface area contributed by atoms with Gasteiger partial charge in [-0.25, -0.2) is 8.42 Å². The maximum absolute atomic E-state index is 11.2. The molecule has 0 amide bonds. The van der Waals surface area contributed by atoms with Gasteiger partial charge in [0, 0.05) is 11.8 Å². The minimum atomic E-state index is -3.01. The predicted molar refractivity (Wildman–Crippen MR) is 67.2 cm³/mol. The van der Waals surface area contributed by atoms with Gasteiger partial charge in [0.1, 0.15) is 18.1 Å². The summed E-state index contributed by atoms with van der Waals surface area (Å²) in [7, 11) is -1.46. The van der Waals surface area contributed by atoms with Crippen LogP contribution in [0.25, 0.3) is 0 Å². The molecule has 6 heteroatoms. The molecule has 0 radical (unpaired) electrons. The van der Waals surface area contributed by atoms with Crippen molar-refractivity contribution in [3.05, 3.63) is 18.2 Å². The normalized spacial score (nSPS) is 11.2. The zero-order valence-electron chi connectivity index (χ0n) is 9.97. The van der Waals surface area contributed by atoms with Crippen molar-refractivity contribution in [3.63, 3.8) is 0 Å². The number of nitrogen functional groups attached to an aromatic ring is 1. The third-order valence-corrected chi connectivity index (χ3v) is 3.98. The van der Waals surface area contributed by atoms with Gasteiger partial charge in [-0.2, -0.15) is 0 Å². The van der Waals surface area contributed by atoms with Crippen LogP contribution < -0.4 is 15.2 Å². The smallest absolute Gasteiger partial charge is 0.153 e. The maximum atomic E-state index is 11.2. The van der Waals surface area contributed by atoms with E-state index in [-0.39, 0.29) is 18.1 Å². The van der Waals surface area contributed by atoms with Gasteiger partial charge in [-0.1, -0.05) is 6.92 Å². The van der Waals surface area contributed by atoms with Crippen molar-refractivity contribution < 1.29 is 17.9 Å². The van der Waals surface area contributed by atoms with Crippen molar-refractivity contribution in [3.8, 4) is 11.5 Å². The Bertz CT molecular complexity index is 470. The quantitative estimate of drug-likeness (QED) is 0.774. The van der Waals surface area contributed by atoms with E-state index in [1.807, 2.05) is 0 Å². The minimum absolute atomic E-state index is 0.00499. The molecule has 5 nitrogen and oxygen atoms in total. The van der Waals surface area contributed by atoms with E-state index in [9.17, 15) is 8.42 Å². The van der Waals surface area contributed by atoms with Crippen LogP contribution in [0, 0.1) is 0 Å². The van der Waals surface area contributed by atoms with Gasteiger partial charge in [0.25, 0.3) is 0 Å². The summed E-state index contributed by atoms with van der Waals surface area (Å²) >= 11 is 0. The van der Waals surface area contributed by atoms with E-state index in [2.05, 4.69) is 0 Å². The van der Waals surface area contributed by atoms with Gasteiger partial charge < -0.3 is 15.2 Å². The zero-order chi connectivity index (χ0) is 12.9. The van der Waals surface area contributed by atoms with E-state index < -0.39 is 9.84 Å². The first-order chi connectivity index (χ1) is 7.98. The Hall–Kier alpha value is -1.43. The van der Waals surface area contributed by atoms with E-state index in [0.717, 1.165) is 0 Å². The van der Waals surface area contributed by atoms with Crippen molar-refractivity contribution in [1.82, 2.24) is 0 Å². The van der Waals surface area contributed by atoms with E-state index in [1.165, 1.54) is 0 Å². The van der Waals surface area contributed by atoms with Gasteiger partial charge >= 0.3 is 0 Å². The Morgan fingerprint density at radius 1 is 1.35 bits per heavy atom. The van der Waals surface area contributed by atoms with Crippen molar-refractivity contribution in [2.24, 2.45) is 0 Å². The first-order valence-electron chi connectivity index (χ1n) is 5.25. The topological polar surface area (TPSA) is 78.6 Å². The second-order valence-electron chi connectivity index (χ2n) is 3.49. The van der Waals surface area contributed by atoms with E-state index in [1.54, 1.807) is 32.2 Å². The van der Waals surface area contributed by atoms with E-state index >= 15 is 0 Å². The van der Waals surface area contributed by atoms with Crippen molar-refractivity contribution in [1.29, 1.82) is 0 Å². The molecule has 0 heterocycles. The maximum Gasteiger partial charge on any atom is 0.153 e. The van der Waals surface area contributed by atoms with Crippen LogP contribution in [0.4, 0.5) is 5.69 Å². The molecule has 0 aromatic heterocycles. The van der Waals surface area contributed by atoms with Crippen molar-refractivity contribution in [2.75, 3.05) is 31.0 Å². The molecular formula is C11H17NO4S. The average Bonchev–Trinajstić information content (AvgIpc) is 2.31. The van der Waals surface area contributed by atoms with E-state index in [0.29, 0.717) is 17.2 Å². The highest BCUT2D eigenvalue weighted by molar-refractivity contribution is 7.91. The van der Waals surface area contributed by atoms with Crippen LogP contribution in [0.15, 0.2) is 18.2 Å². The molecule has 96 valence electrons. The second kappa shape index (κ2) is 5.77. The fraction of sp³-hybridized carbons (Fsp3) is 0.455. The lowest BCUT2D eigenvalue weighted by atomic mass is 10.3. The Morgan fingerprint density at radius 2 is 2.06 bits per heavy atom. The number of rotatable bonds is 6. The number of hydrogen-bond acceptors (Lipinski definition) is 5. The largest absolute Gasteiger partial charge is 0.497 e. The molecule has 0 atom stereocenters. The van der Waals surface area contributed by atoms with Crippen molar-refractivity contribution >= 4 is 15.5 Å². The molecular weight excluding hydrogens is 242 g/mol. The van der Waals surface area contributed by atoms with Crippen LogP contribution in [-0.4, -0.2) is 33.6 Å². The molecule has 0 bridgehead atoms. The van der Waals surface area contributed by atoms with Gasteiger partial charge in [-0.15, -0.1) is 0 Å². The van der Waals surface area contributed by atoms with Crippen LogP contribution in [0.3, 0.4) is 0 Å². The van der Waals surface area contributed by atoms with Crippen LogP contribution in [-0.2, 0) is 9.84 Å². The van der Waals surface area contributed by atoms with Crippen LogP contribution in [0.1, 0.15) is 6.92 Å². The van der Waals surface area contributed by atoms with Gasteiger partial charge in [0.05, 0.1) is 18.6 Å². The lowest BCUT2D eigenvalue weighted by Crippen LogP contribution is -2.16. The summed E-state index contributed by atoms with van der Waals surface area (Å²) in [5.74, 6) is 1.22. The number of benzene rings is 1. The summed E-state index contributed by atoms with van der Waals surface area (Å²) < 4.78 is 32.8. The lowest BCUT2D eigenvalue weighted by Gasteiger charge is -2.09. The molecule has 0 aliphatic rings. The SMILES string of the molecule is CCS(=O)(=O)CCOc1ccc(OC)cc1N.